The summed E-state index contributed by atoms with van der Waals surface area (Å²) in [6.07, 6.45) is 0. The predicted octanol–water partition coefficient (Wildman–Crippen LogP) is 3.28. The topological polar surface area (TPSA) is 77.1 Å². The quantitative estimate of drug-likeness (QED) is 0.556. The van der Waals surface area contributed by atoms with Crippen molar-refractivity contribution in [3.63, 3.8) is 0 Å². The fraction of sp³-hybridized carbons (Fsp3) is 0.188. The van der Waals surface area contributed by atoms with Gasteiger partial charge < -0.3 is 9.47 Å². The average Bonchev–Trinajstić information content (AvgIpc) is 3.30. The molecule has 0 amide bonds. The van der Waals surface area contributed by atoms with Crippen molar-refractivity contribution < 1.29 is 14.3 Å². The van der Waals surface area contributed by atoms with Gasteiger partial charge in [0.1, 0.15) is 13.2 Å². The van der Waals surface area contributed by atoms with Crippen molar-refractivity contribution in [2.75, 3.05) is 19.0 Å². The van der Waals surface area contributed by atoms with Crippen molar-refractivity contribution in [3.05, 3.63) is 41.3 Å². The molecule has 0 unspecified atom stereocenters. The number of ketones is 1. The monoisotopic (exact) mass is 359 g/mol. The lowest BCUT2D eigenvalue weighted by atomic mass is 10.1. The maximum absolute atomic E-state index is 12.4. The molecule has 0 fully saturated rings. The summed E-state index contributed by atoms with van der Waals surface area (Å²) in [7, 11) is 0. The summed E-state index contributed by atoms with van der Waals surface area (Å²) in [6, 6.07) is 9.19. The molecule has 122 valence electrons. The van der Waals surface area contributed by atoms with E-state index in [1.165, 1.54) is 11.8 Å². The van der Waals surface area contributed by atoms with Crippen LogP contribution in [0.5, 0.6) is 11.5 Å². The largest absolute Gasteiger partial charge is 0.486 e. The van der Waals surface area contributed by atoms with Crippen LogP contribution in [0.3, 0.4) is 0 Å². The zero-order valence-electron chi connectivity index (χ0n) is 12.5. The molecule has 4 rings (SSSR count). The number of thiophene rings is 1. The number of rotatable bonds is 5. The number of aromatic amines is 1. The van der Waals surface area contributed by atoms with Crippen molar-refractivity contribution in [2.24, 2.45) is 0 Å². The molecule has 1 aliphatic rings. The Kier molecular flexibility index (Phi) is 4.22. The van der Waals surface area contributed by atoms with Crippen LogP contribution in [0.15, 0.2) is 40.9 Å². The fourth-order valence-electron chi connectivity index (χ4n) is 2.26. The third kappa shape index (κ3) is 3.15. The summed E-state index contributed by atoms with van der Waals surface area (Å²) >= 11 is 2.90. The zero-order chi connectivity index (χ0) is 16.4. The molecule has 0 saturated carbocycles. The molecule has 1 N–H and O–H groups in total. The van der Waals surface area contributed by atoms with Crippen LogP contribution in [0.1, 0.15) is 10.4 Å². The van der Waals surface area contributed by atoms with Crippen LogP contribution >= 0.6 is 23.1 Å². The highest BCUT2D eigenvalue weighted by Crippen LogP contribution is 2.31. The number of fused-ring (bicyclic) bond motifs is 1. The predicted molar refractivity (Wildman–Crippen MR) is 92.2 cm³/mol. The Morgan fingerprint density at radius 2 is 2.12 bits per heavy atom. The minimum atomic E-state index is -0.000512. The van der Waals surface area contributed by atoms with E-state index >= 15 is 0 Å². The van der Waals surface area contributed by atoms with Gasteiger partial charge in [-0.3, -0.25) is 9.89 Å². The minimum Gasteiger partial charge on any atom is -0.486 e. The number of aromatic nitrogens is 3. The second-order valence-corrected chi connectivity index (χ2v) is 6.90. The van der Waals surface area contributed by atoms with Gasteiger partial charge in [0.2, 0.25) is 5.16 Å². The summed E-state index contributed by atoms with van der Waals surface area (Å²) in [6.45, 7) is 1.04. The number of nitrogens with one attached hydrogen (secondary N) is 1. The second-order valence-electron chi connectivity index (χ2n) is 5.01. The SMILES string of the molecule is O=C(CSc1n[nH]c(-c2cccs2)n1)c1ccc2c(c1)OCCO2. The van der Waals surface area contributed by atoms with Crippen LogP contribution in [0.2, 0.25) is 0 Å². The Labute approximate surface area is 146 Å². The third-order valence-electron chi connectivity index (χ3n) is 3.42. The summed E-state index contributed by atoms with van der Waals surface area (Å²) in [5.74, 6) is 2.29. The van der Waals surface area contributed by atoms with Crippen molar-refractivity contribution in [1.29, 1.82) is 0 Å². The van der Waals surface area contributed by atoms with Gasteiger partial charge in [0.25, 0.3) is 0 Å². The number of ether oxygens (including phenoxy) is 2. The van der Waals surface area contributed by atoms with Crippen LogP contribution in [-0.4, -0.2) is 39.9 Å². The van der Waals surface area contributed by atoms with Crippen LogP contribution in [-0.2, 0) is 0 Å². The zero-order valence-corrected chi connectivity index (χ0v) is 14.2. The highest BCUT2D eigenvalue weighted by molar-refractivity contribution is 7.99. The number of benzene rings is 1. The maximum Gasteiger partial charge on any atom is 0.209 e. The van der Waals surface area contributed by atoms with E-state index < -0.39 is 0 Å². The molecule has 0 saturated heterocycles. The maximum atomic E-state index is 12.4. The van der Waals surface area contributed by atoms with Crippen LogP contribution in [0.25, 0.3) is 10.7 Å². The van der Waals surface area contributed by atoms with Crippen molar-refractivity contribution >= 4 is 28.9 Å². The Hall–Kier alpha value is -2.32. The molecule has 3 heterocycles. The van der Waals surface area contributed by atoms with Gasteiger partial charge in [-0.2, -0.15) is 0 Å². The Bertz CT molecular complexity index is 861. The highest BCUT2D eigenvalue weighted by Gasteiger charge is 2.16. The molecule has 0 spiro atoms. The lowest BCUT2D eigenvalue weighted by molar-refractivity contribution is 0.102. The number of carbonyl (C=O) groups is 1. The molecule has 2 aromatic heterocycles. The van der Waals surface area contributed by atoms with Gasteiger partial charge >= 0.3 is 0 Å². The van der Waals surface area contributed by atoms with E-state index in [1.54, 1.807) is 29.5 Å². The van der Waals surface area contributed by atoms with Gasteiger partial charge in [0.15, 0.2) is 23.1 Å². The lowest BCUT2D eigenvalue weighted by Gasteiger charge is -2.18. The molecule has 8 heteroatoms. The number of thioether (sulfide) groups is 1. The number of H-pyrrole nitrogens is 1. The molecule has 0 bridgehead atoms. The van der Waals surface area contributed by atoms with Crippen molar-refractivity contribution in [2.45, 2.75) is 5.16 Å². The molecule has 6 nitrogen and oxygen atoms in total. The molecular weight excluding hydrogens is 346 g/mol. The third-order valence-corrected chi connectivity index (χ3v) is 5.14. The first-order chi connectivity index (χ1) is 11.8. The first-order valence-electron chi connectivity index (χ1n) is 7.31. The average molecular weight is 359 g/mol. The summed E-state index contributed by atoms with van der Waals surface area (Å²) in [5, 5.41) is 9.58. The summed E-state index contributed by atoms with van der Waals surface area (Å²) in [5.41, 5.74) is 0.598. The number of Topliss-reactive ketones (excluding diaryl/α,β-unsaturated/α-hetero) is 1. The van der Waals surface area contributed by atoms with Gasteiger partial charge in [-0.15, -0.1) is 16.4 Å². The molecule has 1 aromatic carbocycles. The Balaban J connectivity index is 1.41. The smallest absolute Gasteiger partial charge is 0.209 e. The van der Waals surface area contributed by atoms with Crippen LogP contribution in [0.4, 0.5) is 0 Å². The molecular formula is C16H13N3O3S2. The number of nitrogens with zero attached hydrogens (tertiary/aromatic N) is 2. The highest BCUT2D eigenvalue weighted by atomic mass is 32.2. The molecule has 0 atom stereocenters. The Morgan fingerprint density at radius 3 is 2.96 bits per heavy atom. The first-order valence-corrected chi connectivity index (χ1v) is 9.18. The molecule has 24 heavy (non-hydrogen) atoms. The van der Waals surface area contributed by atoms with Gasteiger partial charge in [-0.25, -0.2) is 4.98 Å². The lowest BCUT2D eigenvalue weighted by Crippen LogP contribution is -2.16. The van der Waals surface area contributed by atoms with E-state index in [2.05, 4.69) is 15.2 Å². The van der Waals surface area contributed by atoms with Gasteiger partial charge in [-0.1, -0.05) is 17.8 Å². The number of hydrogen-bond donors (Lipinski definition) is 1. The number of hydrogen-bond acceptors (Lipinski definition) is 7. The molecule has 0 aliphatic carbocycles. The standard InChI is InChI=1S/C16H13N3O3S2/c20-11(10-3-4-12-13(8-10)22-6-5-21-12)9-24-16-17-15(18-19-16)14-2-1-7-23-14/h1-4,7-8H,5-6,9H2,(H,17,18,19). The van der Waals surface area contributed by atoms with E-state index in [0.717, 1.165) is 10.7 Å². The molecule has 3 aromatic rings. The van der Waals surface area contributed by atoms with Gasteiger partial charge in [-0.05, 0) is 29.6 Å². The van der Waals surface area contributed by atoms with Crippen molar-refractivity contribution in [1.82, 2.24) is 15.2 Å². The van der Waals surface area contributed by atoms with Crippen molar-refractivity contribution in [3.8, 4) is 22.2 Å². The van der Waals surface area contributed by atoms with Gasteiger partial charge in [0, 0.05) is 5.56 Å². The first kappa shape index (κ1) is 15.2. The van der Waals surface area contributed by atoms with E-state index in [9.17, 15) is 4.79 Å². The molecule has 0 radical (unpaired) electrons. The van der Waals surface area contributed by atoms with E-state index in [4.69, 9.17) is 9.47 Å². The van der Waals surface area contributed by atoms with E-state index in [0.29, 0.717) is 35.4 Å². The molecule has 1 aliphatic heterocycles. The summed E-state index contributed by atoms with van der Waals surface area (Å²) in [4.78, 5) is 17.8. The normalized spacial score (nSPS) is 13.0. The van der Waals surface area contributed by atoms with Crippen LogP contribution < -0.4 is 9.47 Å². The van der Waals surface area contributed by atoms with E-state index in [1.807, 2.05) is 17.5 Å². The number of carbonyl (C=O) groups excluding carboxylic acids is 1. The fourth-order valence-corrected chi connectivity index (χ4v) is 3.62. The minimum absolute atomic E-state index is 0.000512. The van der Waals surface area contributed by atoms with Crippen LogP contribution in [0, 0.1) is 0 Å². The Morgan fingerprint density at radius 1 is 1.25 bits per heavy atom. The van der Waals surface area contributed by atoms with E-state index in [-0.39, 0.29) is 11.5 Å². The second kappa shape index (κ2) is 6.66. The summed E-state index contributed by atoms with van der Waals surface area (Å²) < 4.78 is 11.0. The van der Waals surface area contributed by atoms with Gasteiger partial charge in [0.05, 0.1) is 10.6 Å².